The summed E-state index contributed by atoms with van der Waals surface area (Å²) in [5.74, 6) is 0.910. The van der Waals surface area contributed by atoms with Gasteiger partial charge in [0, 0.05) is 18.0 Å². The fraction of sp³-hybridized carbons (Fsp3) is 0.829. The van der Waals surface area contributed by atoms with Crippen molar-refractivity contribution in [2.24, 2.45) is 56.0 Å². The third-order valence-corrected chi connectivity index (χ3v) is 14.3. The Morgan fingerprint density at radius 1 is 0.975 bits per heavy atom. The van der Waals surface area contributed by atoms with E-state index in [-0.39, 0.29) is 57.0 Å². The molecule has 0 heterocycles. The topological polar surface area (TPSA) is 72.6 Å². The number of carbonyl (C=O) groups excluding carboxylic acids is 2. The van der Waals surface area contributed by atoms with Crippen molar-refractivity contribution >= 4 is 11.7 Å². The van der Waals surface area contributed by atoms with E-state index in [1.54, 1.807) is 0 Å². The molecule has 0 aliphatic heterocycles. The third kappa shape index (κ3) is 3.67. The van der Waals surface area contributed by atoms with Crippen LogP contribution in [0, 0.1) is 62.7 Å². The molecule has 6 aliphatic carbocycles. The smallest absolute Gasteiger partial charge is 0.264 e. The van der Waals surface area contributed by atoms with Crippen molar-refractivity contribution in [1.29, 1.82) is 0 Å². The van der Waals surface area contributed by atoms with Crippen LogP contribution in [0.3, 0.4) is 0 Å². The lowest BCUT2D eigenvalue weighted by Crippen LogP contribution is -2.67. The summed E-state index contributed by atoms with van der Waals surface area (Å²) >= 11 is 0. The molecule has 2 N–H and O–H groups in total. The highest BCUT2D eigenvalue weighted by atomic mass is 16.7. The SMILES string of the molecule is C#CN(OC1CC1)C(=O)[C@@]1(C)CC[C@]2(C)CC[C@]3(C)C(=CC(=O)[C@@H]4[C@@]5(C)CC[C@H](N)C(C)(C)C5CC[C@]43C)[C@@H]2C1. The van der Waals surface area contributed by atoms with Crippen LogP contribution in [0.1, 0.15) is 119 Å². The fourth-order valence-corrected chi connectivity index (χ4v) is 11.1. The molecule has 0 saturated heterocycles. The number of ketones is 1. The van der Waals surface area contributed by atoms with Crippen molar-refractivity contribution in [2.45, 2.75) is 131 Å². The molecule has 1 amide bonds. The second kappa shape index (κ2) is 8.70. The zero-order chi connectivity index (χ0) is 29.1. The first-order chi connectivity index (χ1) is 18.6. The maximum atomic E-state index is 14.5. The van der Waals surface area contributed by atoms with Crippen molar-refractivity contribution in [3.8, 4) is 12.5 Å². The van der Waals surface area contributed by atoms with Gasteiger partial charge < -0.3 is 5.73 Å². The second-order valence-electron chi connectivity index (χ2n) is 16.8. The summed E-state index contributed by atoms with van der Waals surface area (Å²) in [5.41, 5.74) is 7.34. The number of nitrogens with two attached hydrogens (primary N) is 1. The van der Waals surface area contributed by atoms with E-state index >= 15 is 0 Å². The largest absolute Gasteiger partial charge is 0.327 e. The lowest BCUT2D eigenvalue weighted by Gasteiger charge is -2.70. The van der Waals surface area contributed by atoms with Gasteiger partial charge in [-0.25, -0.2) is 0 Å². The van der Waals surface area contributed by atoms with E-state index in [0.29, 0.717) is 11.7 Å². The van der Waals surface area contributed by atoms with Crippen LogP contribution in [0.15, 0.2) is 11.6 Å². The summed E-state index contributed by atoms with van der Waals surface area (Å²) in [4.78, 5) is 34.2. The summed E-state index contributed by atoms with van der Waals surface area (Å²) in [6.07, 6.45) is 18.8. The zero-order valence-electron chi connectivity index (χ0n) is 26.1. The van der Waals surface area contributed by atoms with Crippen LogP contribution in [0.5, 0.6) is 0 Å². The van der Waals surface area contributed by atoms with Crippen LogP contribution in [0.2, 0.25) is 0 Å². The molecular formula is C35H52N2O3. The normalized spacial score (nSPS) is 49.4. The minimum Gasteiger partial charge on any atom is -0.327 e. The van der Waals surface area contributed by atoms with Crippen LogP contribution in [-0.4, -0.2) is 28.9 Å². The van der Waals surface area contributed by atoms with Crippen LogP contribution >= 0.6 is 0 Å². The maximum Gasteiger partial charge on any atom is 0.264 e. The molecule has 0 aromatic heterocycles. The molecule has 5 nitrogen and oxygen atoms in total. The van der Waals surface area contributed by atoms with E-state index < -0.39 is 5.41 Å². The molecule has 1 unspecified atom stereocenters. The maximum absolute atomic E-state index is 14.5. The van der Waals surface area contributed by atoms with Gasteiger partial charge in [-0.2, -0.15) is 0 Å². The number of terminal acetylenes is 1. The molecule has 5 saturated carbocycles. The molecule has 220 valence electrons. The number of nitrogens with zero attached hydrogens (tertiary/aromatic N) is 1. The van der Waals surface area contributed by atoms with Crippen LogP contribution in [0.4, 0.5) is 0 Å². The fourth-order valence-electron chi connectivity index (χ4n) is 11.1. The van der Waals surface area contributed by atoms with Crippen LogP contribution in [-0.2, 0) is 14.4 Å². The molecule has 0 aromatic carbocycles. The lowest BCUT2D eigenvalue weighted by molar-refractivity contribution is -0.193. The van der Waals surface area contributed by atoms with Gasteiger partial charge in [0.1, 0.15) is 0 Å². The molecule has 0 spiro atoms. The molecule has 6 aliphatic rings. The van der Waals surface area contributed by atoms with E-state index in [1.807, 2.05) is 0 Å². The molecule has 6 rings (SSSR count). The molecule has 9 atom stereocenters. The first-order valence-corrected chi connectivity index (χ1v) is 16.0. The van der Waals surface area contributed by atoms with Gasteiger partial charge in [0.25, 0.3) is 5.91 Å². The number of fused-ring (bicyclic) bond motifs is 7. The van der Waals surface area contributed by atoms with Gasteiger partial charge in [-0.1, -0.05) is 60.5 Å². The monoisotopic (exact) mass is 548 g/mol. The average molecular weight is 549 g/mol. The first-order valence-electron chi connectivity index (χ1n) is 16.0. The summed E-state index contributed by atoms with van der Waals surface area (Å²) < 4.78 is 0. The summed E-state index contributed by atoms with van der Waals surface area (Å²) in [6.45, 7) is 16.5. The molecule has 5 fully saturated rings. The highest BCUT2D eigenvalue weighted by Crippen LogP contribution is 2.75. The van der Waals surface area contributed by atoms with Crippen LogP contribution < -0.4 is 5.73 Å². The van der Waals surface area contributed by atoms with Crippen molar-refractivity contribution in [1.82, 2.24) is 5.06 Å². The lowest BCUT2D eigenvalue weighted by atomic mass is 9.33. The Labute approximate surface area is 242 Å². The van der Waals surface area contributed by atoms with Crippen molar-refractivity contribution in [3.05, 3.63) is 11.6 Å². The molecule has 5 heteroatoms. The molecule has 0 bridgehead atoms. The molecule has 0 aromatic rings. The highest BCUT2D eigenvalue weighted by molar-refractivity contribution is 5.95. The standard InChI is InChI=1S/C35H52N2O3/c1-9-37(40-22-10-11-22)29(39)32(5)17-16-31(4)18-19-34(7)23(24(31)21-32)20-25(38)28-33(6)14-13-27(36)30(2,3)26(33)12-15-35(28,34)8/h1,20,22,24,26-28H,10-19,21,36H2,2-8H3/t24-,26?,27-,28+,31+,32-,33-,34+,35+/m0/s1. The average Bonchev–Trinajstić information content (AvgIpc) is 3.71. The zero-order valence-corrected chi connectivity index (χ0v) is 26.1. The molecule has 40 heavy (non-hydrogen) atoms. The van der Waals surface area contributed by atoms with E-state index in [9.17, 15) is 9.59 Å². The Morgan fingerprint density at radius 2 is 1.65 bits per heavy atom. The Kier molecular flexibility index (Phi) is 6.19. The Morgan fingerprint density at radius 3 is 2.30 bits per heavy atom. The number of hydroxylamine groups is 2. The van der Waals surface area contributed by atoms with Gasteiger partial charge >= 0.3 is 0 Å². The highest BCUT2D eigenvalue weighted by Gasteiger charge is 2.70. The predicted molar refractivity (Wildman–Crippen MR) is 157 cm³/mol. The van der Waals surface area contributed by atoms with E-state index in [4.69, 9.17) is 17.0 Å². The summed E-state index contributed by atoms with van der Waals surface area (Å²) in [6, 6.07) is 2.70. The van der Waals surface area contributed by atoms with Gasteiger partial charge in [-0.05, 0) is 116 Å². The molecule has 0 radical (unpaired) electrons. The van der Waals surface area contributed by atoms with Gasteiger partial charge in [-0.15, -0.1) is 5.06 Å². The summed E-state index contributed by atoms with van der Waals surface area (Å²) in [5, 5.41) is 1.19. The number of amides is 1. The number of allylic oxidation sites excluding steroid dienone is 2. The van der Waals surface area contributed by atoms with E-state index in [0.717, 1.165) is 70.6 Å². The quantitative estimate of drug-likeness (QED) is 0.239. The predicted octanol–water partition coefficient (Wildman–Crippen LogP) is 6.81. The number of hydrogen-bond acceptors (Lipinski definition) is 4. The van der Waals surface area contributed by atoms with Gasteiger partial charge in [-0.3, -0.25) is 14.4 Å². The number of rotatable bonds is 3. The van der Waals surface area contributed by atoms with Crippen molar-refractivity contribution in [2.75, 3.05) is 0 Å². The number of hydrogen-bond donors (Lipinski definition) is 1. The minimum absolute atomic E-state index is 0.0177. The van der Waals surface area contributed by atoms with Crippen molar-refractivity contribution < 1.29 is 14.4 Å². The van der Waals surface area contributed by atoms with Gasteiger partial charge in [0.15, 0.2) is 5.78 Å². The van der Waals surface area contributed by atoms with Crippen molar-refractivity contribution in [3.63, 3.8) is 0 Å². The van der Waals surface area contributed by atoms with E-state index in [2.05, 4.69) is 60.6 Å². The Balaban J connectivity index is 1.38. The Bertz CT molecular complexity index is 1200. The Hall–Kier alpha value is -1.64. The van der Waals surface area contributed by atoms with E-state index in [1.165, 1.54) is 10.6 Å². The van der Waals surface area contributed by atoms with Crippen LogP contribution in [0.25, 0.3) is 0 Å². The second-order valence-corrected chi connectivity index (χ2v) is 16.8. The minimum atomic E-state index is -0.599. The molecular weight excluding hydrogens is 496 g/mol. The third-order valence-electron chi connectivity index (χ3n) is 14.3. The number of carbonyl (C=O) groups is 2. The van der Waals surface area contributed by atoms with Gasteiger partial charge in [0.2, 0.25) is 0 Å². The first kappa shape index (κ1) is 28.5. The summed E-state index contributed by atoms with van der Waals surface area (Å²) in [7, 11) is 0. The van der Waals surface area contributed by atoms with Gasteiger partial charge in [0.05, 0.1) is 11.5 Å².